The van der Waals surface area contributed by atoms with Crippen LogP contribution in [0.4, 0.5) is 4.39 Å². The summed E-state index contributed by atoms with van der Waals surface area (Å²) in [6.07, 6.45) is 3.05. The predicted molar refractivity (Wildman–Crippen MR) is 63.4 cm³/mol. The molecule has 0 N–H and O–H groups in total. The molecule has 0 aliphatic carbocycles. The summed E-state index contributed by atoms with van der Waals surface area (Å²) in [7, 11) is 0. The smallest absolute Gasteiger partial charge is 0.149 e. The van der Waals surface area contributed by atoms with E-state index in [-0.39, 0.29) is 5.82 Å². The molecule has 0 fully saturated rings. The fourth-order valence-electron chi connectivity index (χ4n) is 1.11. The van der Waals surface area contributed by atoms with Crippen molar-refractivity contribution in [3.8, 4) is 11.5 Å². The molecule has 0 bridgehead atoms. The van der Waals surface area contributed by atoms with E-state index >= 15 is 0 Å². The van der Waals surface area contributed by atoms with Crippen molar-refractivity contribution in [2.75, 3.05) is 0 Å². The number of hydrogen-bond acceptors (Lipinski definition) is 2. The molecule has 0 atom stereocenters. The molecule has 2 nitrogen and oxygen atoms in total. The molecule has 16 heavy (non-hydrogen) atoms. The predicted octanol–water partition coefficient (Wildman–Crippen LogP) is 4.43. The van der Waals surface area contributed by atoms with Crippen LogP contribution in [0.1, 0.15) is 0 Å². The highest BCUT2D eigenvalue weighted by Gasteiger charge is 2.05. The van der Waals surface area contributed by atoms with Gasteiger partial charge in [-0.05, 0) is 34.1 Å². The molecular weight excluding hydrogens is 296 g/mol. The molecule has 5 heteroatoms. The van der Waals surface area contributed by atoms with Crippen molar-refractivity contribution < 1.29 is 9.13 Å². The van der Waals surface area contributed by atoms with E-state index in [0.717, 1.165) is 0 Å². The molecule has 1 heterocycles. The van der Waals surface area contributed by atoms with Gasteiger partial charge in [-0.1, -0.05) is 11.6 Å². The topological polar surface area (TPSA) is 22.1 Å². The molecular formula is C11H6BrClFNO. The summed E-state index contributed by atoms with van der Waals surface area (Å²) in [6.45, 7) is 0. The summed E-state index contributed by atoms with van der Waals surface area (Å²) in [4.78, 5) is 3.84. The summed E-state index contributed by atoms with van der Waals surface area (Å²) >= 11 is 8.95. The van der Waals surface area contributed by atoms with Gasteiger partial charge in [-0.25, -0.2) is 4.39 Å². The second kappa shape index (κ2) is 4.80. The molecule has 0 unspecified atom stereocenters. The molecule has 0 spiro atoms. The van der Waals surface area contributed by atoms with Gasteiger partial charge in [0.15, 0.2) is 0 Å². The lowest BCUT2D eigenvalue weighted by atomic mass is 10.3. The number of halogens is 3. The van der Waals surface area contributed by atoms with E-state index in [2.05, 4.69) is 20.9 Å². The first-order valence-electron chi connectivity index (χ1n) is 4.39. The van der Waals surface area contributed by atoms with Crippen LogP contribution in [0.5, 0.6) is 11.5 Å². The molecule has 0 saturated carbocycles. The molecule has 1 aromatic carbocycles. The summed E-state index contributed by atoms with van der Waals surface area (Å²) in [6, 6.07) is 6.01. The minimum atomic E-state index is -0.340. The Hall–Kier alpha value is -1.13. The second-order valence-electron chi connectivity index (χ2n) is 2.98. The number of nitrogens with zero attached hydrogens (tertiary/aromatic N) is 1. The molecule has 0 saturated heterocycles. The van der Waals surface area contributed by atoms with Crippen LogP contribution in [0.15, 0.2) is 41.1 Å². The first kappa shape index (κ1) is 11.4. The molecule has 0 aliphatic heterocycles. The van der Waals surface area contributed by atoms with Gasteiger partial charge < -0.3 is 4.74 Å². The lowest BCUT2D eigenvalue weighted by Crippen LogP contribution is -1.87. The number of aromatic nitrogens is 1. The zero-order chi connectivity index (χ0) is 11.5. The monoisotopic (exact) mass is 301 g/mol. The summed E-state index contributed by atoms with van der Waals surface area (Å²) in [5.74, 6) is 0.643. The average Bonchev–Trinajstić information content (AvgIpc) is 2.27. The lowest BCUT2D eigenvalue weighted by Gasteiger charge is -2.07. The molecule has 1 aromatic heterocycles. The number of ether oxygens (including phenoxy) is 1. The van der Waals surface area contributed by atoms with E-state index in [0.29, 0.717) is 21.0 Å². The maximum absolute atomic E-state index is 13.0. The first-order chi connectivity index (χ1) is 7.66. The van der Waals surface area contributed by atoms with Crippen LogP contribution in [0.3, 0.4) is 0 Å². The Kier molecular flexibility index (Phi) is 3.41. The Labute approximate surface area is 105 Å². The summed E-state index contributed by atoms with van der Waals surface area (Å²) in [5.41, 5.74) is 0. The zero-order valence-electron chi connectivity index (χ0n) is 7.95. The summed E-state index contributed by atoms with van der Waals surface area (Å²) in [5, 5.41) is 0.406. The van der Waals surface area contributed by atoms with E-state index in [1.54, 1.807) is 12.3 Å². The van der Waals surface area contributed by atoms with Gasteiger partial charge in [-0.2, -0.15) is 0 Å². The number of pyridine rings is 1. The van der Waals surface area contributed by atoms with Crippen LogP contribution in [-0.2, 0) is 0 Å². The maximum Gasteiger partial charge on any atom is 0.149 e. The Morgan fingerprint density at radius 3 is 2.81 bits per heavy atom. The van der Waals surface area contributed by atoms with Gasteiger partial charge in [-0.3, -0.25) is 4.98 Å². The van der Waals surface area contributed by atoms with Gasteiger partial charge in [0.05, 0.1) is 4.47 Å². The first-order valence-corrected chi connectivity index (χ1v) is 5.56. The van der Waals surface area contributed by atoms with Crippen LogP contribution >= 0.6 is 27.5 Å². The van der Waals surface area contributed by atoms with Gasteiger partial charge in [-0.15, -0.1) is 0 Å². The van der Waals surface area contributed by atoms with E-state index in [1.165, 1.54) is 24.4 Å². The largest absolute Gasteiger partial charge is 0.456 e. The number of hydrogen-bond donors (Lipinski definition) is 0. The van der Waals surface area contributed by atoms with Crippen molar-refractivity contribution >= 4 is 27.5 Å². The van der Waals surface area contributed by atoms with Gasteiger partial charge in [0.25, 0.3) is 0 Å². The van der Waals surface area contributed by atoms with Crippen LogP contribution in [0.2, 0.25) is 5.02 Å². The van der Waals surface area contributed by atoms with Gasteiger partial charge in [0, 0.05) is 18.5 Å². The molecule has 0 aliphatic rings. The van der Waals surface area contributed by atoms with Crippen molar-refractivity contribution in [1.82, 2.24) is 4.98 Å². The summed E-state index contributed by atoms with van der Waals surface area (Å²) < 4.78 is 18.8. The lowest BCUT2D eigenvalue weighted by molar-refractivity contribution is 0.479. The van der Waals surface area contributed by atoms with E-state index in [4.69, 9.17) is 16.3 Å². The minimum Gasteiger partial charge on any atom is -0.456 e. The SMILES string of the molecule is Fc1ccc(Oc2ccncc2Cl)cc1Br. The quantitative estimate of drug-likeness (QED) is 0.819. The van der Waals surface area contributed by atoms with Gasteiger partial charge in [0.2, 0.25) is 0 Å². The van der Waals surface area contributed by atoms with E-state index in [1.807, 2.05) is 0 Å². The molecule has 2 aromatic rings. The third-order valence-corrected chi connectivity index (χ3v) is 2.75. The highest BCUT2D eigenvalue weighted by atomic mass is 79.9. The molecule has 0 radical (unpaired) electrons. The minimum absolute atomic E-state index is 0.340. The normalized spacial score (nSPS) is 10.2. The van der Waals surface area contributed by atoms with Crippen LogP contribution in [-0.4, -0.2) is 4.98 Å². The molecule has 82 valence electrons. The molecule has 2 rings (SSSR count). The van der Waals surface area contributed by atoms with Crippen molar-refractivity contribution in [3.63, 3.8) is 0 Å². The molecule has 0 amide bonds. The fraction of sp³-hybridized carbons (Fsp3) is 0. The number of benzene rings is 1. The van der Waals surface area contributed by atoms with Crippen LogP contribution in [0.25, 0.3) is 0 Å². The fourth-order valence-corrected chi connectivity index (χ4v) is 1.63. The third kappa shape index (κ3) is 2.51. The van der Waals surface area contributed by atoms with Crippen molar-refractivity contribution in [3.05, 3.63) is 52.0 Å². The average molecular weight is 303 g/mol. The van der Waals surface area contributed by atoms with Crippen LogP contribution < -0.4 is 4.74 Å². The van der Waals surface area contributed by atoms with Crippen molar-refractivity contribution in [2.45, 2.75) is 0 Å². The highest BCUT2D eigenvalue weighted by Crippen LogP contribution is 2.30. The van der Waals surface area contributed by atoms with Crippen molar-refractivity contribution in [1.29, 1.82) is 0 Å². The van der Waals surface area contributed by atoms with E-state index in [9.17, 15) is 4.39 Å². The Balaban J connectivity index is 2.28. The highest BCUT2D eigenvalue weighted by molar-refractivity contribution is 9.10. The van der Waals surface area contributed by atoms with E-state index < -0.39 is 0 Å². The van der Waals surface area contributed by atoms with Gasteiger partial charge >= 0.3 is 0 Å². The van der Waals surface area contributed by atoms with Gasteiger partial charge in [0.1, 0.15) is 22.3 Å². The second-order valence-corrected chi connectivity index (χ2v) is 4.25. The Morgan fingerprint density at radius 1 is 1.31 bits per heavy atom. The van der Waals surface area contributed by atoms with Crippen molar-refractivity contribution in [2.24, 2.45) is 0 Å². The third-order valence-electron chi connectivity index (χ3n) is 1.85. The maximum atomic E-state index is 13.0. The Bertz CT molecular complexity index is 521. The van der Waals surface area contributed by atoms with Crippen LogP contribution in [0, 0.1) is 5.82 Å². The standard InChI is InChI=1S/C11H6BrClFNO/c12-8-5-7(1-2-10(8)14)16-11-3-4-15-6-9(11)13/h1-6H. The zero-order valence-corrected chi connectivity index (χ0v) is 10.3. The number of rotatable bonds is 2. The Morgan fingerprint density at radius 2 is 2.12 bits per heavy atom.